The van der Waals surface area contributed by atoms with E-state index in [1.165, 1.54) is 0 Å². The van der Waals surface area contributed by atoms with Crippen LogP contribution in [0.15, 0.2) is 0 Å². The van der Waals surface area contributed by atoms with Gasteiger partial charge in [-0.2, -0.15) is 5.10 Å². The van der Waals surface area contributed by atoms with E-state index in [9.17, 15) is 4.79 Å². The van der Waals surface area contributed by atoms with Crippen LogP contribution in [0.5, 0.6) is 0 Å². The molecule has 1 heterocycles. The zero-order chi connectivity index (χ0) is 13.0. The molecule has 0 aliphatic rings. The van der Waals surface area contributed by atoms with Gasteiger partial charge in [-0.15, -0.1) is 0 Å². The maximum Gasteiger partial charge on any atom is 0.257 e. The van der Waals surface area contributed by atoms with Gasteiger partial charge >= 0.3 is 0 Å². The number of amides is 1. The fourth-order valence-electron chi connectivity index (χ4n) is 1.82. The minimum absolute atomic E-state index is 0.0203. The number of aliphatic hydroxyl groups is 1. The van der Waals surface area contributed by atoms with Gasteiger partial charge in [0.25, 0.3) is 5.91 Å². The summed E-state index contributed by atoms with van der Waals surface area (Å²) in [6.07, 6.45) is 0. The first-order valence-electron chi connectivity index (χ1n) is 5.97. The van der Waals surface area contributed by atoms with Crippen LogP contribution >= 0.6 is 0 Å². The molecule has 1 aromatic heterocycles. The van der Waals surface area contributed by atoms with Crippen molar-refractivity contribution in [2.45, 2.75) is 33.6 Å². The average Bonchev–Trinajstić information content (AvgIpc) is 2.67. The summed E-state index contributed by atoms with van der Waals surface area (Å²) < 4.78 is 0. The summed E-state index contributed by atoms with van der Waals surface area (Å²) in [5, 5.41) is 16.0. The topological polar surface area (TPSA) is 69.2 Å². The molecule has 0 aliphatic heterocycles. The first kappa shape index (κ1) is 13.7. The summed E-state index contributed by atoms with van der Waals surface area (Å²) >= 11 is 0. The van der Waals surface area contributed by atoms with Gasteiger partial charge in [-0.3, -0.25) is 9.89 Å². The van der Waals surface area contributed by atoms with Crippen molar-refractivity contribution >= 4 is 5.91 Å². The monoisotopic (exact) mass is 239 g/mol. The molecule has 1 amide bonds. The highest BCUT2D eigenvalue weighted by Crippen LogP contribution is 2.21. The minimum atomic E-state index is -0.0588. The average molecular weight is 239 g/mol. The minimum Gasteiger partial charge on any atom is -0.395 e. The van der Waals surface area contributed by atoms with E-state index in [4.69, 9.17) is 5.11 Å². The summed E-state index contributed by atoms with van der Waals surface area (Å²) in [6.45, 7) is 8.69. The van der Waals surface area contributed by atoms with E-state index >= 15 is 0 Å². The van der Waals surface area contributed by atoms with Crippen molar-refractivity contribution in [3.05, 3.63) is 17.0 Å². The Labute approximate surface area is 102 Å². The number of hydrogen-bond donors (Lipinski definition) is 2. The molecule has 0 spiro atoms. The Morgan fingerprint density at radius 2 is 2.18 bits per heavy atom. The van der Waals surface area contributed by atoms with Gasteiger partial charge in [0, 0.05) is 18.8 Å². The molecule has 2 N–H and O–H groups in total. The zero-order valence-corrected chi connectivity index (χ0v) is 10.9. The quantitative estimate of drug-likeness (QED) is 0.813. The van der Waals surface area contributed by atoms with Crippen molar-refractivity contribution in [1.29, 1.82) is 0 Å². The predicted octanol–water partition coefficient (Wildman–Crippen LogP) is 1.30. The molecular weight excluding hydrogens is 218 g/mol. The number of carbonyl (C=O) groups is 1. The number of hydrogen-bond acceptors (Lipinski definition) is 3. The van der Waals surface area contributed by atoms with E-state index in [0.717, 1.165) is 11.4 Å². The normalized spacial score (nSPS) is 10.9. The Bertz CT molecular complexity index is 385. The predicted molar refractivity (Wildman–Crippen MR) is 66.1 cm³/mol. The number of aryl methyl sites for hydroxylation is 1. The number of H-pyrrole nitrogens is 1. The number of carbonyl (C=O) groups excluding carboxylic acids is 1. The molecule has 96 valence electrons. The van der Waals surface area contributed by atoms with Gasteiger partial charge in [0.1, 0.15) is 0 Å². The number of likely N-dealkylation sites (N-methyl/N-ethyl adjacent to an activating group) is 1. The molecule has 0 fully saturated rings. The van der Waals surface area contributed by atoms with E-state index in [1.54, 1.807) is 4.90 Å². The first-order valence-corrected chi connectivity index (χ1v) is 5.97. The van der Waals surface area contributed by atoms with Gasteiger partial charge in [0.2, 0.25) is 0 Å². The third kappa shape index (κ3) is 2.85. The van der Waals surface area contributed by atoms with E-state index in [0.29, 0.717) is 18.7 Å². The standard InChI is InChI=1S/C12H21N3O2/c1-5-15(6-7-16)12(17)10-9(4)13-14-11(10)8(2)3/h8,16H,5-7H2,1-4H3,(H,13,14). The van der Waals surface area contributed by atoms with Gasteiger partial charge in [-0.1, -0.05) is 13.8 Å². The molecule has 0 saturated heterocycles. The third-order valence-electron chi connectivity index (χ3n) is 2.77. The Morgan fingerprint density at radius 3 is 2.65 bits per heavy atom. The molecule has 0 radical (unpaired) electrons. The number of aromatic nitrogens is 2. The van der Waals surface area contributed by atoms with Crippen LogP contribution < -0.4 is 0 Å². The summed E-state index contributed by atoms with van der Waals surface area (Å²) in [5.41, 5.74) is 2.23. The molecule has 1 aromatic rings. The van der Waals surface area contributed by atoms with E-state index < -0.39 is 0 Å². The molecule has 0 atom stereocenters. The van der Waals surface area contributed by atoms with Gasteiger partial charge in [-0.25, -0.2) is 0 Å². The second-order valence-corrected chi connectivity index (χ2v) is 4.37. The van der Waals surface area contributed by atoms with Crippen molar-refractivity contribution in [1.82, 2.24) is 15.1 Å². The SMILES string of the molecule is CCN(CCO)C(=O)c1c(C(C)C)n[nH]c1C. The largest absolute Gasteiger partial charge is 0.395 e. The van der Waals surface area contributed by atoms with E-state index in [-0.39, 0.29) is 18.4 Å². The number of nitrogens with one attached hydrogen (secondary N) is 1. The highest BCUT2D eigenvalue weighted by molar-refractivity contribution is 5.96. The lowest BCUT2D eigenvalue weighted by Crippen LogP contribution is -2.34. The summed E-state index contributed by atoms with van der Waals surface area (Å²) in [7, 11) is 0. The number of aliphatic hydroxyl groups excluding tert-OH is 1. The lowest BCUT2D eigenvalue weighted by Gasteiger charge is -2.20. The van der Waals surface area contributed by atoms with Crippen LogP contribution in [-0.4, -0.2) is 45.8 Å². The maximum atomic E-state index is 12.3. The Hall–Kier alpha value is -1.36. The van der Waals surface area contributed by atoms with Crippen molar-refractivity contribution in [2.75, 3.05) is 19.7 Å². The highest BCUT2D eigenvalue weighted by atomic mass is 16.3. The molecular formula is C12H21N3O2. The van der Waals surface area contributed by atoms with Crippen LogP contribution in [-0.2, 0) is 0 Å². The lowest BCUT2D eigenvalue weighted by atomic mass is 10.0. The van der Waals surface area contributed by atoms with E-state index in [2.05, 4.69) is 10.2 Å². The highest BCUT2D eigenvalue weighted by Gasteiger charge is 2.23. The maximum absolute atomic E-state index is 12.3. The Kier molecular flexibility index (Phi) is 4.69. The van der Waals surface area contributed by atoms with Gasteiger partial charge in [-0.05, 0) is 19.8 Å². The summed E-state index contributed by atoms with van der Waals surface area (Å²) in [4.78, 5) is 14.0. The fourth-order valence-corrected chi connectivity index (χ4v) is 1.82. The summed E-state index contributed by atoms with van der Waals surface area (Å²) in [5.74, 6) is 0.142. The molecule has 0 aliphatic carbocycles. The molecule has 5 heteroatoms. The zero-order valence-electron chi connectivity index (χ0n) is 10.9. The first-order chi connectivity index (χ1) is 8.02. The third-order valence-corrected chi connectivity index (χ3v) is 2.77. The summed E-state index contributed by atoms with van der Waals surface area (Å²) in [6, 6.07) is 0. The van der Waals surface area contributed by atoms with Crippen molar-refractivity contribution in [2.24, 2.45) is 0 Å². The lowest BCUT2D eigenvalue weighted by molar-refractivity contribution is 0.0730. The van der Waals surface area contributed by atoms with Crippen LogP contribution in [0, 0.1) is 6.92 Å². The second-order valence-electron chi connectivity index (χ2n) is 4.37. The van der Waals surface area contributed by atoms with Crippen LogP contribution in [0.3, 0.4) is 0 Å². The van der Waals surface area contributed by atoms with Crippen LogP contribution in [0.4, 0.5) is 0 Å². The molecule has 0 saturated carbocycles. The van der Waals surface area contributed by atoms with Crippen molar-refractivity contribution in [3.63, 3.8) is 0 Å². The van der Waals surface area contributed by atoms with Gasteiger partial charge in [0.15, 0.2) is 0 Å². The molecule has 5 nitrogen and oxygen atoms in total. The van der Waals surface area contributed by atoms with Crippen LogP contribution in [0.25, 0.3) is 0 Å². The smallest absolute Gasteiger partial charge is 0.257 e. The van der Waals surface area contributed by atoms with Gasteiger partial charge in [0.05, 0.1) is 17.9 Å². The number of nitrogens with zero attached hydrogens (tertiary/aromatic N) is 2. The molecule has 0 unspecified atom stereocenters. The molecule has 17 heavy (non-hydrogen) atoms. The number of rotatable bonds is 5. The Balaban J connectivity index is 3.05. The Morgan fingerprint density at radius 1 is 1.53 bits per heavy atom. The molecule has 0 aromatic carbocycles. The molecule has 0 bridgehead atoms. The fraction of sp³-hybridized carbons (Fsp3) is 0.667. The van der Waals surface area contributed by atoms with E-state index in [1.807, 2.05) is 27.7 Å². The van der Waals surface area contributed by atoms with Crippen molar-refractivity contribution < 1.29 is 9.90 Å². The second kappa shape index (κ2) is 5.82. The van der Waals surface area contributed by atoms with Gasteiger partial charge < -0.3 is 10.0 Å². The van der Waals surface area contributed by atoms with Crippen molar-refractivity contribution in [3.8, 4) is 0 Å². The van der Waals surface area contributed by atoms with Crippen LogP contribution in [0.1, 0.15) is 48.4 Å². The number of aromatic amines is 1. The molecule has 1 rings (SSSR count). The van der Waals surface area contributed by atoms with Crippen LogP contribution in [0.2, 0.25) is 0 Å².